The fourth-order valence-electron chi connectivity index (χ4n) is 3.52. The third kappa shape index (κ3) is 3.62. The first-order valence-electron chi connectivity index (χ1n) is 8.19. The second-order valence-corrected chi connectivity index (χ2v) is 6.11. The van der Waals surface area contributed by atoms with Gasteiger partial charge in [-0.2, -0.15) is 0 Å². The molecule has 20 heavy (non-hydrogen) atoms. The van der Waals surface area contributed by atoms with E-state index < -0.39 is 5.60 Å². The maximum absolute atomic E-state index is 11.2. The highest BCUT2D eigenvalue weighted by Gasteiger charge is 2.39. The van der Waals surface area contributed by atoms with Gasteiger partial charge >= 0.3 is 0 Å². The lowest BCUT2D eigenvalue weighted by Crippen LogP contribution is -2.44. The van der Waals surface area contributed by atoms with Gasteiger partial charge in [0, 0.05) is 12.5 Å². The van der Waals surface area contributed by atoms with E-state index in [1.807, 2.05) is 0 Å². The minimum atomic E-state index is -0.512. The largest absolute Gasteiger partial charge is 0.389 e. The van der Waals surface area contributed by atoms with Crippen LogP contribution in [0.4, 0.5) is 0 Å². The molecule has 1 aromatic carbocycles. The fourth-order valence-corrected chi connectivity index (χ4v) is 3.52. The topological polar surface area (TPSA) is 23.5 Å². The summed E-state index contributed by atoms with van der Waals surface area (Å²) in [7, 11) is 0. The second-order valence-electron chi connectivity index (χ2n) is 6.11. The van der Waals surface area contributed by atoms with Crippen molar-refractivity contribution in [3.05, 3.63) is 35.9 Å². The number of rotatable bonds is 6. The SMILES string of the molecule is CCN(CC)C[C@@H](c1ccccc1)C1(O)CCCCC1. The molecule has 1 atom stereocenters. The van der Waals surface area contributed by atoms with E-state index in [4.69, 9.17) is 0 Å². The number of nitrogens with zero attached hydrogens (tertiary/aromatic N) is 1. The summed E-state index contributed by atoms with van der Waals surface area (Å²) in [6, 6.07) is 10.6. The monoisotopic (exact) mass is 275 g/mol. The van der Waals surface area contributed by atoms with Crippen LogP contribution in [0.1, 0.15) is 57.4 Å². The zero-order valence-corrected chi connectivity index (χ0v) is 13.0. The Morgan fingerprint density at radius 2 is 1.65 bits per heavy atom. The summed E-state index contributed by atoms with van der Waals surface area (Å²) in [5, 5.41) is 11.2. The summed E-state index contributed by atoms with van der Waals surface area (Å²) in [6.07, 6.45) is 5.51. The van der Waals surface area contributed by atoms with E-state index in [9.17, 15) is 5.11 Å². The van der Waals surface area contributed by atoms with Gasteiger partial charge in [0.15, 0.2) is 0 Å². The zero-order chi connectivity index (χ0) is 14.4. The third-order valence-electron chi connectivity index (χ3n) is 4.91. The Balaban J connectivity index is 2.23. The second kappa shape index (κ2) is 7.24. The lowest BCUT2D eigenvalue weighted by atomic mass is 9.72. The van der Waals surface area contributed by atoms with Crippen molar-refractivity contribution in [1.29, 1.82) is 0 Å². The summed E-state index contributed by atoms with van der Waals surface area (Å²) in [4.78, 5) is 2.43. The van der Waals surface area contributed by atoms with Gasteiger partial charge in [-0.25, -0.2) is 0 Å². The number of benzene rings is 1. The van der Waals surface area contributed by atoms with Crippen LogP contribution in [-0.4, -0.2) is 35.2 Å². The van der Waals surface area contributed by atoms with Crippen LogP contribution in [0.15, 0.2) is 30.3 Å². The van der Waals surface area contributed by atoms with Crippen LogP contribution in [0.25, 0.3) is 0 Å². The molecule has 0 saturated heterocycles. The van der Waals surface area contributed by atoms with Gasteiger partial charge in [-0.05, 0) is 31.5 Å². The van der Waals surface area contributed by atoms with Gasteiger partial charge in [0.25, 0.3) is 0 Å². The molecule has 0 aliphatic heterocycles. The quantitative estimate of drug-likeness (QED) is 0.853. The smallest absolute Gasteiger partial charge is 0.0728 e. The molecule has 2 heteroatoms. The number of aliphatic hydroxyl groups is 1. The first-order chi connectivity index (χ1) is 9.69. The summed E-state index contributed by atoms with van der Waals surface area (Å²) in [5.41, 5.74) is 0.783. The van der Waals surface area contributed by atoms with Crippen LogP contribution >= 0.6 is 0 Å². The van der Waals surface area contributed by atoms with Crippen molar-refractivity contribution in [1.82, 2.24) is 4.90 Å². The highest BCUT2D eigenvalue weighted by Crippen LogP contribution is 2.40. The van der Waals surface area contributed by atoms with Gasteiger partial charge in [0.1, 0.15) is 0 Å². The van der Waals surface area contributed by atoms with Gasteiger partial charge in [-0.15, -0.1) is 0 Å². The van der Waals surface area contributed by atoms with Crippen LogP contribution in [0.5, 0.6) is 0 Å². The summed E-state index contributed by atoms with van der Waals surface area (Å²) < 4.78 is 0. The van der Waals surface area contributed by atoms with Crippen molar-refractivity contribution in [2.75, 3.05) is 19.6 Å². The molecule has 0 amide bonds. The van der Waals surface area contributed by atoms with E-state index in [0.717, 1.165) is 45.3 Å². The standard InChI is InChI=1S/C18H29NO/c1-3-19(4-2)15-17(16-11-7-5-8-12-16)18(20)13-9-6-10-14-18/h5,7-8,11-12,17,20H,3-4,6,9-10,13-15H2,1-2H3/t17-/m0/s1. The predicted molar refractivity (Wildman–Crippen MR) is 85.0 cm³/mol. The van der Waals surface area contributed by atoms with Crippen LogP contribution < -0.4 is 0 Å². The minimum Gasteiger partial charge on any atom is -0.389 e. The molecule has 2 rings (SSSR count). The van der Waals surface area contributed by atoms with E-state index in [2.05, 4.69) is 49.1 Å². The van der Waals surface area contributed by atoms with Crippen molar-refractivity contribution in [2.45, 2.75) is 57.5 Å². The van der Waals surface area contributed by atoms with Crippen molar-refractivity contribution in [3.63, 3.8) is 0 Å². The lowest BCUT2D eigenvalue weighted by Gasteiger charge is -2.41. The van der Waals surface area contributed by atoms with Gasteiger partial charge < -0.3 is 10.0 Å². The zero-order valence-electron chi connectivity index (χ0n) is 13.0. The van der Waals surface area contributed by atoms with E-state index in [0.29, 0.717) is 0 Å². The minimum absolute atomic E-state index is 0.240. The Kier molecular flexibility index (Phi) is 5.62. The molecule has 0 spiro atoms. The molecule has 1 aliphatic carbocycles. The van der Waals surface area contributed by atoms with Gasteiger partial charge in [-0.1, -0.05) is 63.4 Å². The van der Waals surface area contributed by atoms with Crippen LogP contribution in [0.2, 0.25) is 0 Å². The molecular weight excluding hydrogens is 246 g/mol. The van der Waals surface area contributed by atoms with E-state index >= 15 is 0 Å². The Bertz CT molecular complexity index is 380. The maximum atomic E-state index is 11.2. The highest BCUT2D eigenvalue weighted by atomic mass is 16.3. The molecule has 1 fully saturated rings. The Morgan fingerprint density at radius 1 is 1.05 bits per heavy atom. The van der Waals surface area contributed by atoms with Crippen molar-refractivity contribution < 1.29 is 5.11 Å². The molecule has 0 unspecified atom stereocenters. The van der Waals surface area contributed by atoms with Crippen LogP contribution in [0.3, 0.4) is 0 Å². The van der Waals surface area contributed by atoms with Gasteiger partial charge in [0.2, 0.25) is 0 Å². The molecule has 112 valence electrons. The lowest BCUT2D eigenvalue weighted by molar-refractivity contribution is -0.0302. The first-order valence-corrected chi connectivity index (χ1v) is 8.19. The molecule has 1 saturated carbocycles. The molecule has 0 aromatic heterocycles. The van der Waals surface area contributed by atoms with E-state index in [-0.39, 0.29) is 5.92 Å². The summed E-state index contributed by atoms with van der Waals surface area (Å²) in [5.74, 6) is 0.240. The average molecular weight is 275 g/mol. The van der Waals surface area contributed by atoms with Crippen LogP contribution in [0, 0.1) is 0 Å². The normalized spacial score (nSPS) is 20.0. The Morgan fingerprint density at radius 3 is 2.20 bits per heavy atom. The molecular formula is C18H29NO. The van der Waals surface area contributed by atoms with E-state index in [1.54, 1.807) is 0 Å². The maximum Gasteiger partial charge on any atom is 0.0728 e. The van der Waals surface area contributed by atoms with Crippen molar-refractivity contribution in [2.24, 2.45) is 0 Å². The number of hydrogen-bond donors (Lipinski definition) is 1. The summed E-state index contributed by atoms with van der Waals surface area (Å²) >= 11 is 0. The Hall–Kier alpha value is -0.860. The van der Waals surface area contributed by atoms with Gasteiger partial charge in [-0.3, -0.25) is 0 Å². The van der Waals surface area contributed by atoms with Crippen molar-refractivity contribution in [3.8, 4) is 0 Å². The average Bonchev–Trinajstić information content (AvgIpc) is 2.50. The molecule has 0 bridgehead atoms. The van der Waals surface area contributed by atoms with Gasteiger partial charge in [0.05, 0.1) is 5.60 Å². The number of likely N-dealkylation sites (N-methyl/N-ethyl adjacent to an activating group) is 1. The summed E-state index contributed by atoms with van der Waals surface area (Å²) in [6.45, 7) is 7.48. The van der Waals surface area contributed by atoms with Crippen LogP contribution in [-0.2, 0) is 0 Å². The number of hydrogen-bond acceptors (Lipinski definition) is 2. The highest BCUT2D eigenvalue weighted by molar-refractivity contribution is 5.24. The molecule has 1 N–H and O–H groups in total. The van der Waals surface area contributed by atoms with E-state index in [1.165, 1.54) is 12.0 Å². The first kappa shape index (κ1) is 15.5. The molecule has 1 aliphatic rings. The fraction of sp³-hybridized carbons (Fsp3) is 0.667. The molecule has 0 heterocycles. The molecule has 1 aromatic rings. The third-order valence-corrected chi connectivity index (χ3v) is 4.91. The molecule has 0 radical (unpaired) electrons. The Labute approximate surface area is 123 Å². The van der Waals surface area contributed by atoms with Crippen molar-refractivity contribution >= 4 is 0 Å². The predicted octanol–water partition coefficient (Wildman–Crippen LogP) is 3.81. The molecule has 2 nitrogen and oxygen atoms in total.